The van der Waals surface area contributed by atoms with Crippen LogP contribution in [0, 0.1) is 5.41 Å². The van der Waals surface area contributed by atoms with Crippen LogP contribution in [0.2, 0.25) is 0 Å². The number of nitrogens with zero attached hydrogens (tertiary/aromatic N) is 1. The highest BCUT2D eigenvalue weighted by molar-refractivity contribution is 7.11. The first-order valence-corrected chi connectivity index (χ1v) is 8.63. The maximum absolute atomic E-state index is 5.70. The Morgan fingerprint density at radius 3 is 2.85 bits per heavy atom. The van der Waals surface area contributed by atoms with Crippen molar-refractivity contribution in [1.29, 1.82) is 0 Å². The van der Waals surface area contributed by atoms with E-state index < -0.39 is 0 Å². The minimum absolute atomic E-state index is 0.116. The van der Waals surface area contributed by atoms with Gasteiger partial charge in [0.25, 0.3) is 0 Å². The minimum Gasteiger partial charge on any atom is -0.372 e. The molecule has 0 saturated heterocycles. The SMILES string of the molecule is CCCNC1CC(C)(C)Cc2nc(C(C)OCC)sc21. The average Bonchev–Trinajstić information content (AvgIpc) is 2.78. The van der Waals surface area contributed by atoms with Crippen molar-refractivity contribution in [3.63, 3.8) is 0 Å². The molecule has 0 aromatic carbocycles. The van der Waals surface area contributed by atoms with Crippen molar-refractivity contribution < 1.29 is 4.74 Å². The summed E-state index contributed by atoms with van der Waals surface area (Å²) in [5.41, 5.74) is 1.62. The molecule has 0 aliphatic heterocycles. The summed E-state index contributed by atoms with van der Waals surface area (Å²) in [6, 6.07) is 0.466. The highest BCUT2D eigenvalue weighted by Gasteiger charge is 2.35. The van der Waals surface area contributed by atoms with Gasteiger partial charge in [-0.25, -0.2) is 4.98 Å². The smallest absolute Gasteiger partial charge is 0.122 e. The van der Waals surface area contributed by atoms with Crippen molar-refractivity contribution in [2.75, 3.05) is 13.2 Å². The second-order valence-electron chi connectivity index (χ2n) is 6.51. The molecule has 0 saturated carbocycles. The first-order chi connectivity index (χ1) is 9.46. The normalized spacial score (nSPS) is 22.6. The fraction of sp³-hybridized carbons (Fsp3) is 0.812. The maximum atomic E-state index is 5.70. The van der Waals surface area contributed by atoms with Crippen LogP contribution in [-0.4, -0.2) is 18.1 Å². The van der Waals surface area contributed by atoms with Crippen LogP contribution < -0.4 is 5.32 Å². The molecule has 4 heteroatoms. The molecular formula is C16H28N2OS. The summed E-state index contributed by atoms with van der Waals surface area (Å²) >= 11 is 1.84. The third kappa shape index (κ3) is 3.60. The zero-order chi connectivity index (χ0) is 14.8. The van der Waals surface area contributed by atoms with Crippen LogP contribution in [0.4, 0.5) is 0 Å². The van der Waals surface area contributed by atoms with E-state index in [-0.39, 0.29) is 6.10 Å². The molecule has 0 radical (unpaired) electrons. The Morgan fingerprint density at radius 2 is 2.20 bits per heavy atom. The van der Waals surface area contributed by atoms with Crippen LogP contribution in [-0.2, 0) is 11.2 Å². The number of ether oxygens (including phenoxy) is 1. The molecule has 0 bridgehead atoms. The topological polar surface area (TPSA) is 34.2 Å². The first kappa shape index (κ1) is 15.9. The van der Waals surface area contributed by atoms with Crippen LogP contribution in [0.1, 0.15) is 75.2 Å². The summed E-state index contributed by atoms with van der Waals surface area (Å²) in [6.45, 7) is 12.9. The van der Waals surface area contributed by atoms with Gasteiger partial charge in [-0.3, -0.25) is 0 Å². The quantitative estimate of drug-likeness (QED) is 0.852. The van der Waals surface area contributed by atoms with Gasteiger partial charge in [0, 0.05) is 17.5 Å². The molecule has 1 heterocycles. The Morgan fingerprint density at radius 1 is 1.45 bits per heavy atom. The van der Waals surface area contributed by atoms with Crippen LogP contribution in [0.25, 0.3) is 0 Å². The monoisotopic (exact) mass is 296 g/mol. The van der Waals surface area contributed by atoms with Gasteiger partial charge in [0.15, 0.2) is 0 Å². The van der Waals surface area contributed by atoms with Crippen molar-refractivity contribution in [3.8, 4) is 0 Å². The van der Waals surface area contributed by atoms with Crippen LogP contribution in [0.5, 0.6) is 0 Å². The Balaban J connectivity index is 2.24. The summed E-state index contributed by atoms with van der Waals surface area (Å²) < 4.78 is 5.70. The molecule has 2 atom stereocenters. The van der Waals surface area contributed by atoms with Crippen molar-refractivity contribution in [2.45, 2.75) is 66.0 Å². The number of hydrogen-bond donors (Lipinski definition) is 1. The fourth-order valence-corrected chi connectivity index (χ4v) is 4.09. The van der Waals surface area contributed by atoms with E-state index in [1.807, 2.05) is 18.3 Å². The summed E-state index contributed by atoms with van der Waals surface area (Å²) in [5, 5.41) is 4.83. The zero-order valence-corrected chi connectivity index (χ0v) is 14.3. The highest BCUT2D eigenvalue weighted by Crippen LogP contribution is 2.44. The Labute approximate surface area is 127 Å². The molecule has 1 aromatic rings. The number of hydrogen-bond acceptors (Lipinski definition) is 4. The standard InChI is InChI=1S/C16H28N2OS/c1-6-8-17-12-9-16(4,5)10-13-14(12)20-15(18-13)11(3)19-7-2/h11-12,17H,6-10H2,1-5H3. The Kier molecular flexibility index (Phi) is 5.21. The number of fused-ring (bicyclic) bond motifs is 1. The minimum atomic E-state index is 0.116. The Bertz CT molecular complexity index is 442. The van der Waals surface area contributed by atoms with Gasteiger partial charge in [-0.1, -0.05) is 20.8 Å². The number of rotatable bonds is 6. The van der Waals surface area contributed by atoms with Crippen molar-refractivity contribution in [3.05, 3.63) is 15.6 Å². The van der Waals surface area contributed by atoms with Crippen LogP contribution in [0.3, 0.4) is 0 Å². The number of thiazole rings is 1. The molecule has 0 spiro atoms. The predicted octanol–water partition coefficient (Wildman–Crippen LogP) is 4.25. The molecule has 2 unspecified atom stereocenters. The molecule has 1 aromatic heterocycles. The van der Waals surface area contributed by atoms with Crippen molar-refractivity contribution in [1.82, 2.24) is 10.3 Å². The van der Waals surface area contributed by atoms with E-state index in [9.17, 15) is 0 Å². The largest absolute Gasteiger partial charge is 0.372 e. The van der Waals surface area contributed by atoms with Crippen LogP contribution in [0.15, 0.2) is 0 Å². The zero-order valence-electron chi connectivity index (χ0n) is 13.5. The van der Waals surface area contributed by atoms with Gasteiger partial charge in [0.05, 0.1) is 5.69 Å². The third-order valence-electron chi connectivity index (χ3n) is 3.87. The van der Waals surface area contributed by atoms with Crippen LogP contribution >= 0.6 is 11.3 Å². The number of nitrogens with one attached hydrogen (secondary N) is 1. The molecule has 20 heavy (non-hydrogen) atoms. The predicted molar refractivity (Wildman–Crippen MR) is 85.3 cm³/mol. The highest BCUT2D eigenvalue weighted by atomic mass is 32.1. The average molecular weight is 296 g/mol. The van der Waals surface area contributed by atoms with Crippen molar-refractivity contribution >= 4 is 11.3 Å². The van der Waals surface area contributed by atoms with Gasteiger partial charge in [-0.2, -0.15) is 0 Å². The first-order valence-electron chi connectivity index (χ1n) is 7.81. The fourth-order valence-electron chi connectivity index (χ4n) is 2.93. The van der Waals surface area contributed by atoms with E-state index in [0.717, 1.165) is 24.6 Å². The van der Waals surface area contributed by atoms with E-state index in [1.54, 1.807) is 0 Å². The van der Waals surface area contributed by atoms with Gasteiger partial charge >= 0.3 is 0 Å². The van der Waals surface area contributed by atoms with Gasteiger partial charge in [-0.15, -0.1) is 11.3 Å². The molecule has 0 amide bonds. The molecule has 2 rings (SSSR count). The van der Waals surface area contributed by atoms with Gasteiger partial charge < -0.3 is 10.1 Å². The van der Waals surface area contributed by atoms with Crippen molar-refractivity contribution in [2.24, 2.45) is 5.41 Å². The maximum Gasteiger partial charge on any atom is 0.122 e. The molecule has 114 valence electrons. The molecule has 1 aliphatic carbocycles. The van der Waals surface area contributed by atoms with Gasteiger partial charge in [0.2, 0.25) is 0 Å². The van der Waals surface area contributed by atoms with E-state index in [2.05, 4.69) is 33.0 Å². The second-order valence-corrected chi connectivity index (χ2v) is 7.57. The molecule has 1 N–H and O–H groups in total. The van der Waals surface area contributed by atoms with E-state index in [0.29, 0.717) is 11.5 Å². The lowest BCUT2D eigenvalue weighted by atomic mass is 9.76. The van der Waals surface area contributed by atoms with Gasteiger partial charge in [-0.05, 0) is 45.1 Å². The molecular weight excluding hydrogens is 268 g/mol. The lowest BCUT2D eigenvalue weighted by molar-refractivity contribution is 0.0760. The van der Waals surface area contributed by atoms with E-state index >= 15 is 0 Å². The summed E-state index contributed by atoms with van der Waals surface area (Å²) in [7, 11) is 0. The number of aromatic nitrogens is 1. The Hall–Kier alpha value is -0.450. The molecule has 3 nitrogen and oxygen atoms in total. The summed E-state index contributed by atoms with van der Waals surface area (Å²) in [4.78, 5) is 6.32. The third-order valence-corrected chi connectivity index (χ3v) is 5.24. The van der Waals surface area contributed by atoms with E-state index in [1.165, 1.54) is 23.4 Å². The lowest BCUT2D eigenvalue weighted by Gasteiger charge is -2.34. The summed E-state index contributed by atoms with van der Waals surface area (Å²) in [5.74, 6) is 0. The van der Waals surface area contributed by atoms with E-state index in [4.69, 9.17) is 9.72 Å². The second kappa shape index (κ2) is 6.54. The summed E-state index contributed by atoms with van der Waals surface area (Å²) in [6.07, 6.45) is 3.57. The molecule has 1 aliphatic rings. The molecule has 0 fully saturated rings. The van der Waals surface area contributed by atoms with Gasteiger partial charge in [0.1, 0.15) is 11.1 Å². The lowest BCUT2D eigenvalue weighted by Crippen LogP contribution is -2.33.